The molecule has 202 valence electrons. The maximum atomic E-state index is 13.8. The summed E-state index contributed by atoms with van der Waals surface area (Å²) < 4.78 is 8.15. The fourth-order valence-corrected chi connectivity index (χ4v) is 5.47. The first-order valence-corrected chi connectivity index (χ1v) is 14.2. The summed E-state index contributed by atoms with van der Waals surface area (Å²) in [6.45, 7) is 5.12. The molecule has 0 fully saturated rings. The monoisotopic (exact) mass is 527 g/mol. The lowest BCUT2D eigenvalue weighted by atomic mass is 9.96. The van der Waals surface area contributed by atoms with E-state index in [0.717, 1.165) is 54.7 Å². The van der Waals surface area contributed by atoms with Gasteiger partial charge >= 0.3 is 5.97 Å². The van der Waals surface area contributed by atoms with Gasteiger partial charge < -0.3 is 9.30 Å². The van der Waals surface area contributed by atoms with Crippen molar-refractivity contribution in [2.75, 3.05) is 6.61 Å². The molecule has 0 saturated carbocycles. The maximum Gasteiger partial charge on any atom is 0.340 e. The number of aryl methyl sites for hydroxylation is 3. The van der Waals surface area contributed by atoms with Crippen molar-refractivity contribution < 1.29 is 9.53 Å². The second kappa shape index (κ2) is 13.1. The molecule has 0 amide bonds. The molecule has 1 heterocycles. The normalized spacial score (nSPS) is 10.9. The number of benzene rings is 4. The van der Waals surface area contributed by atoms with Crippen molar-refractivity contribution in [1.29, 1.82) is 0 Å². The van der Waals surface area contributed by atoms with Crippen LogP contribution in [-0.4, -0.2) is 17.1 Å². The Morgan fingerprint density at radius 3 is 1.85 bits per heavy atom. The molecule has 0 N–H and O–H groups in total. The first kappa shape index (κ1) is 27.2. The van der Waals surface area contributed by atoms with Crippen LogP contribution in [0.5, 0.6) is 0 Å². The lowest BCUT2D eigenvalue weighted by molar-refractivity contribution is 0.0525. The van der Waals surface area contributed by atoms with Gasteiger partial charge in [-0.15, -0.1) is 0 Å². The molecule has 3 heteroatoms. The first-order chi connectivity index (χ1) is 19.6. The lowest BCUT2D eigenvalue weighted by Crippen LogP contribution is -2.14. The minimum absolute atomic E-state index is 0.243. The fourth-order valence-electron chi connectivity index (χ4n) is 5.47. The summed E-state index contributed by atoms with van der Waals surface area (Å²) >= 11 is 0. The predicted octanol–water partition coefficient (Wildman–Crippen LogP) is 8.26. The SMILES string of the molecule is CCOC(=O)c1c(-c2ccccc2)c(Cc2ccccc2)n(CCc2ccc(C)cc2)c1CCc1ccccc1. The van der Waals surface area contributed by atoms with E-state index >= 15 is 0 Å². The van der Waals surface area contributed by atoms with Crippen LogP contribution in [0.1, 0.15) is 50.9 Å². The van der Waals surface area contributed by atoms with E-state index in [9.17, 15) is 4.79 Å². The van der Waals surface area contributed by atoms with Gasteiger partial charge in [-0.05, 0) is 55.4 Å². The third-order valence-corrected chi connectivity index (χ3v) is 7.47. The van der Waals surface area contributed by atoms with Crippen molar-refractivity contribution >= 4 is 5.97 Å². The number of ether oxygens (including phenoxy) is 1. The highest BCUT2D eigenvalue weighted by Gasteiger charge is 2.29. The summed E-state index contributed by atoms with van der Waals surface area (Å²) in [6, 6.07) is 40.2. The number of aromatic nitrogens is 1. The van der Waals surface area contributed by atoms with E-state index in [1.165, 1.54) is 22.3 Å². The molecule has 1 aromatic heterocycles. The van der Waals surface area contributed by atoms with Crippen LogP contribution in [-0.2, 0) is 37.0 Å². The molecule has 0 saturated heterocycles. The highest BCUT2D eigenvalue weighted by molar-refractivity contribution is 6.00. The molecule has 0 aliphatic heterocycles. The van der Waals surface area contributed by atoms with Gasteiger partial charge in [0, 0.05) is 29.9 Å². The van der Waals surface area contributed by atoms with E-state index in [4.69, 9.17) is 4.74 Å². The van der Waals surface area contributed by atoms with E-state index in [1.54, 1.807) is 0 Å². The quantitative estimate of drug-likeness (QED) is 0.162. The minimum Gasteiger partial charge on any atom is -0.462 e. The maximum absolute atomic E-state index is 13.8. The molecule has 40 heavy (non-hydrogen) atoms. The Kier molecular flexibility index (Phi) is 8.93. The van der Waals surface area contributed by atoms with Gasteiger partial charge in [0.1, 0.15) is 0 Å². The third-order valence-electron chi connectivity index (χ3n) is 7.47. The molecule has 5 rings (SSSR count). The predicted molar refractivity (Wildman–Crippen MR) is 164 cm³/mol. The highest BCUT2D eigenvalue weighted by Crippen LogP contribution is 2.36. The topological polar surface area (TPSA) is 31.2 Å². The number of rotatable bonds is 11. The van der Waals surface area contributed by atoms with E-state index in [2.05, 4.69) is 96.4 Å². The summed E-state index contributed by atoms with van der Waals surface area (Å²) in [7, 11) is 0. The summed E-state index contributed by atoms with van der Waals surface area (Å²) in [4.78, 5) is 13.8. The van der Waals surface area contributed by atoms with Gasteiger partial charge in [-0.1, -0.05) is 121 Å². The molecule has 0 unspecified atom stereocenters. The smallest absolute Gasteiger partial charge is 0.340 e. The van der Waals surface area contributed by atoms with Crippen molar-refractivity contribution in [3.8, 4) is 11.1 Å². The second-order valence-corrected chi connectivity index (χ2v) is 10.3. The Balaban J connectivity index is 1.69. The van der Waals surface area contributed by atoms with E-state index in [0.29, 0.717) is 12.2 Å². The van der Waals surface area contributed by atoms with Crippen LogP contribution >= 0.6 is 0 Å². The molecule has 4 aromatic carbocycles. The number of nitrogens with zero attached hydrogens (tertiary/aromatic N) is 1. The van der Waals surface area contributed by atoms with Gasteiger partial charge in [-0.25, -0.2) is 4.79 Å². The largest absolute Gasteiger partial charge is 0.462 e. The Morgan fingerprint density at radius 1 is 0.650 bits per heavy atom. The van der Waals surface area contributed by atoms with Gasteiger partial charge in [-0.3, -0.25) is 0 Å². The number of hydrogen-bond donors (Lipinski definition) is 0. The van der Waals surface area contributed by atoms with E-state index < -0.39 is 0 Å². The molecule has 3 nitrogen and oxygen atoms in total. The molecule has 0 aliphatic carbocycles. The van der Waals surface area contributed by atoms with Crippen molar-refractivity contribution in [1.82, 2.24) is 4.57 Å². The van der Waals surface area contributed by atoms with Crippen LogP contribution in [0, 0.1) is 6.92 Å². The van der Waals surface area contributed by atoms with Crippen molar-refractivity contribution in [3.05, 3.63) is 154 Å². The average molecular weight is 528 g/mol. The summed E-state index contributed by atoms with van der Waals surface area (Å²) in [6.07, 6.45) is 3.21. The number of carbonyl (C=O) groups is 1. The van der Waals surface area contributed by atoms with Crippen LogP contribution in [0.15, 0.2) is 115 Å². The van der Waals surface area contributed by atoms with Crippen LogP contribution in [0.3, 0.4) is 0 Å². The highest BCUT2D eigenvalue weighted by atomic mass is 16.5. The zero-order valence-electron chi connectivity index (χ0n) is 23.5. The van der Waals surface area contributed by atoms with Crippen molar-refractivity contribution in [3.63, 3.8) is 0 Å². The van der Waals surface area contributed by atoms with Gasteiger partial charge in [0.2, 0.25) is 0 Å². The molecule has 0 bridgehead atoms. The van der Waals surface area contributed by atoms with Crippen LogP contribution in [0.2, 0.25) is 0 Å². The molecule has 0 aliphatic rings. The van der Waals surface area contributed by atoms with Crippen LogP contribution < -0.4 is 0 Å². The second-order valence-electron chi connectivity index (χ2n) is 10.3. The number of carbonyl (C=O) groups excluding carboxylic acids is 1. The van der Waals surface area contributed by atoms with Gasteiger partial charge in [0.15, 0.2) is 0 Å². The fraction of sp³-hybridized carbons (Fsp3) is 0.216. The van der Waals surface area contributed by atoms with Crippen molar-refractivity contribution in [2.24, 2.45) is 0 Å². The zero-order valence-corrected chi connectivity index (χ0v) is 23.5. The zero-order chi connectivity index (χ0) is 27.7. The summed E-state index contributed by atoms with van der Waals surface area (Å²) in [5.74, 6) is -0.243. The average Bonchev–Trinajstić information content (AvgIpc) is 3.30. The third kappa shape index (κ3) is 6.43. The van der Waals surface area contributed by atoms with E-state index in [1.807, 2.05) is 37.3 Å². The Morgan fingerprint density at radius 2 is 1.23 bits per heavy atom. The first-order valence-electron chi connectivity index (χ1n) is 14.2. The molecule has 0 atom stereocenters. The minimum atomic E-state index is -0.243. The molecule has 0 radical (unpaired) electrons. The Bertz CT molecular complexity index is 1520. The van der Waals surface area contributed by atoms with Gasteiger partial charge in [0.05, 0.1) is 12.2 Å². The summed E-state index contributed by atoms with van der Waals surface area (Å²) in [5.41, 5.74) is 10.00. The number of esters is 1. The van der Waals surface area contributed by atoms with Crippen LogP contribution in [0.4, 0.5) is 0 Å². The Hall–Kier alpha value is -4.37. The van der Waals surface area contributed by atoms with Gasteiger partial charge in [-0.2, -0.15) is 0 Å². The Labute approximate surface area is 238 Å². The van der Waals surface area contributed by atoms with E-state index in [-0.39, 0.29) is 5.97 Å². The molecular formula is C37H37NO2. The molecule has 0 spiro atoms. The standard InChI is InChI=1S/C37H37NO2/c1-3-40-37(39)36-33(24-23-29-13-7-4-8-14-29)38(26-25-30-21-19-28(2)20-22-30)34(27-31-15-9-5-10-16-31)35(36)32-17-11-6-12-18-32/h4-22H,3,23-27H2,1-2H3. The van der Waals surface area contributed by atoms with Gasteiger partial charge in [0.25, 0.3) is 0 Å². The van der Waals surface area contributed by atoms with Crippen LogP contribution in [0.25, 0.3) is 11.1 Å². The molecular weight excluding hydrogens is 490 g/mol. The van der Waals surface area contributed by atoms with Crippen molar-refractivity contribution in [2.45, 2.75) is 46.1 Å². The summed E-state index contributed by atoms with van der Waals surface area (Å²) in [5, 5.41) is 0. The lowest BCUT2D eigenvalue weighted by Gasteiger charge is -2.16. The molecule has 5 aromatic rings. The number of hydrogen-bond acceptors (Lipinski definition) is 2.